The van der Waals surface area contributed by atoms with E-state index < -0.39 is 39.1 Å². The summed E-state index contributed by atoms with van der Waals surface area (Å²) in [5, 5.41) is 10.5. The van der Waals surface area contributed by atoms with E-state index in [-0.39, 0.29) is 33.5 Å². The topological polar surface area (TPSA) is 101 Å². The Hall–Kier alpha value is -3.26. The van der Waals surface area contributed by atoms with Crippen molar-refractivity contribution >= 4 is 38.8 Å². The van der Waals surface area contributed by atoms with E-state index in [2.05, 4.69) is 14.7 Å². The zero-order valence-electron chi connectivity index (χ0n) is 17.8. The fourth-order valence-corrected chi connectivity index (χ4v) is 5.02. The highest BCUT2D eigenvalue weighted by Crippen LogP contribution is 2.41. The Labute approximate surface area is 211 Å². The number of anilines is 1. The molecule has 0 bridgehead atoms. The van der Waals surface area contributed by atoms with Gasteiger partial charge in [-0.15, -0.1) is 11.3 Å². The number of benzene rings is 2. The first-order valence-corrected chi connectivity index (χ1v) is 12.6. The molecule has 0 amide bonds. The average molecular weight is 560 g/mol. The minimum atomic E-state index is -4.67. The highest BCUT2D eigenvalue weighted by molar-refractivity contribution is 7.92. The van der Waals surface area contributed by atoms with Crippen molar-refractivity contribution in [1.82, 2.24) is 9.97 Å². The number of aliphatic hydroxyl groups is 1. The number of hydrogen-bond donors (Lipinski definition) is 2. The predicted octanol–water partition coefficient (Wildman–Crippen LogP) is 6.10. The number of hydrogen-bond acceptors (Lipinski definition) is 7. The maximum Gasteiger partial charge on any atom is 0.416 e. The van der Waals surface area contributed by atoms with E-state index in [0.29, 0.717) is 11.6 Å². The van der Waals surface area contributed by atoms with E-state index in [0.717, 1.165) is 35.6 Å². The van der Waals surface area contributed by atoms with Gasteiger partial charge in [0.05, 0.1) is 22.7 Å². The number of aromatic nitrogens is 2. The maximum atomic E-state index is 14.8. The molecular formula is C22H14ClF4N3O4S2. The molecule has 4 aromatic rings. The number of nitrogens with one attached hydrogen (secondary N) is 1. The van der Waals surface area contributed by atoms with Gasteiger partial charge in [0.25, 0.3) is 10.0 Å². The van der Waals surface area contributed by atoms with Crippen LogP contribution in [0.4, 0.5) is 23.4 Å². The van der Waals surface area contributed by atoms with Crippen molar-refractivity contribution in [2.45, 2.75) is 17.7 Å². The van der Waals surface area contributed by atoms with Crippen LogP contribution in [0.2, 0.25) is 5.02 Å². The molecule has 0 spiro atoms. The summed E-state index contributed by atoms with van der Waals surface area (Å²) in [7, 11) is -4.38. The zero-order chi connectivity index (χ0) is 26.1. The van der Waals surface area contributed by atoms with Gasteiger partial charge in [-0.05, 0) is 35.9 Å². The van der Waals surface area contributed by atoms with Gasteiger partial charge in [0.1, 0.15) is 22.2 Å². The quantitative estimate of drug-likeness (QED) is 0.265. The fraction of sp³-hybridized carbons (Fsp3) is 0.0909. The molecule has 2 aromatic heterocycles. The zero-order valence-corrected chi connectivity index (χ0v) is 20.1. The van der Waals surface area contributed by atoms with Crippen molar-refractivity contribution in [2.24, 2.45) is 0 Å². The summed E-state index contributed by atoms with van der Waals surface area (Å²) < 4.78 is 87.8. The Kier molecular flexibility index (Phi) is 7.18. The van der Waals surface area contributed by atoms with Gasteiger partial charge in [0.15, 0.2) is 5.82 Å². The van der Waals surface area contributed by atoms with Crippen molar-refractivity contribution in [3.63, 3.8) is 0 Å². The van der Waals surface area contributed by atoms with E-state index >= 15 is 0 Å². The van der Waals surface area contributed by atoms with Crippen molar-refractivity contribution in [1.29, 1.82) is 0 Å². The molecule has 0 atom stereocenters. The lowest BCUT2D eigenvalue weighted by atomic mass is 10.0. The summed E-state index contributed by atoms with van der Waals surface area (Å²) in [6, 6.07) is 5.54. The normalized spacial score (nSPS) is 11.9. The number of sulfonamides is 1. The lowest BCUT2D eigenvalue weighted by Gasteiger charge is -2.16. The third-order valence-electron chi connectivity index (χ3n) is 4.76. The van der Waals surface area contributed by atoms with Crippen LogP contribution in [0.5, 0.6) is 11.5 Å². The second-order valence-corrected chi connectivity index (χ2v) is 10.0. The summed E-state index contributed by atoms with van der Waals surface area (Å²) in [5.41, 5.74) is 0.857. The molecule has 36 heavy (non-hydrogen) atoms. The number of pyridine rings is 1. The Bertz CT molecular complexity index is 1510. The summed E-state index contributed by atoms with van der Waals surface area (Å²) in [4.78, 5) is 6.91. The number of ether oxygens (including phenoxy) is 1. The SMILES string of the molecule is O=S(=O)(Nc1cscn1)c1cc(Cl)c(Oc2ccc(C(F)(F)F)cc2-c2cncc(CO)c2)cc1F. The van der Waals surface area contributed by atoms with Crippen LogP contribution < -0.4 is 9.46 Å². The van der Waals surface area contributed by atoms with E-state index in [4.69, 9.17) is 16.3 Å². The summed E-state index contributed by atoms with van der Waals surface area (Å²) in [6.07, 6.45) is -2.06. The maximum absolute atomic E-state index is 14.8. The van der Waals surface area contributed by atoms with Crippen LogP contribution in [0, 0.1) is 5.82 Å². The molecule has 0 saturated carbocycles. The molecule has 188 valence electrons. The molecule has 0 unspecified atom stereocenters. The minimum Gasteiger partial charge on any atom is -0.455 e. The molecule has 0 aliphatic heterocycles. The monoisotopic (exact) mass is 559 g/mol. The molecule has 0 radical (unpaired) electrons. The number of alkyl halides is 3. The summed E-state index contributed by atoms with van der Waals surface area (Å²) >= 11 is 7.29. The number of nitrogens with zero attached hydrogens (tertiary/aromatic N) is 2. The molecular weight excluding hydrogens is 546 g/mol. The largest absolute Gasteiger partial charge is 0.455 e. The first-order valence-electron chi connectivity index (χ1n) is 9.82. The van der Waals surface area contributed by atoms with E-state index in [9.17, 15) is 31.1 Å². The molecule has 0 aliphatic rings. The highest BCUT2D eigenvalue weighted by Gasteiger charge is 2.32. The van der Waals surface area contributed by atoms with Gasteiger partial charge in [-0.2, -0.15) is 13.2 Å². The van der Waals surface area contributed by atoms with Gasteiger partial charge < -0.3 is 9.84 Å². The molecule has 4 rings (SSSR count). The summed E-state index contributed by atoms with van der Waals surface area (Å²) in [6.45, 7) is -0.405. The van der Waals surface area contributed by atoms with Crippen LogP contribution in [0.15, 0.2) is 64.6 Å². The van der Waals surface area contributed by atoms with Gasteiger partial charge in [-0.3, -0.25) is 9.71 Å². The van der Waals surface area contributed by atoms with E-state index in [1.165, 1.54) is 29.4 Å². The van der Waals surface area contributed by atoms with Crippen LogP contribution in [0.1, 0.15) is 11.1 Å². The Balaban J connectivity index is 1.75. The van der Waals surface area contributed by atoms with Gasteiger partial charge in [0.2, 0.25) is 0 Å². The van der Waals surface area contributed by atoms with Gasteiger partial charge in [-0.25, -0.2) is 17.8 Å². The molecule has 14 heteroatoms. The van der Waals surface area contributed by atoms with Crippen LogP contribution in [-0.2, 0) is 22.8 Å². The second-order valence-electron chi connectivity index (χ2n) is 7.24. The van der Waals surface area contributed by atoms with Crippen LogP contribution in [0.3, 0.4) is 0 Å². The second kappa shape index (κ2) is 10.0. The first kappa shape index (κ1) is 25.8. The number of rotatable bonds is 7. The van der Waals surface area contributed by atoms with Gasteiger partial charge in [-0.1, -0.05) is 11.6 Å². The molecule has 0 fully saturated rings. The molecule has 2 aromatic carbocycles. The van der Waals surface area contributed by atoms with Gasteiger partial charge >= 0.3 is 6.18 Å². The minimum absolute atomic E-state index is 0.0102. The third-order valence-corrected chi connectivity index (χ3v) is 7.01. The van der Waals surface area contributed by atoms with Crippen molar-refractivity contribution in [3.8, 4) is 22.6 Å². The highest BCUT2D eigenvalue weighted by atomic mass is 35.5. The number of thiazole rings is 1. The molecule has 2 heterocycles. The smallest absolute Gasteiger partial charge is 0.416 e. The van der Waals surface area contributed by atoms with Crippen LogP contribution in [0.25, 0.3) is 11.1 Å². The Morgan fingerprint density at radius 3 is 2.56 bits per heavy atom. The van der Waals surface area contributed by atoms with Crippen LogP contribution >= 0.6 is 22.9 Å². The Morgan fingerprint density at radius 2 is 1.89 bits per heavy atom. The first-order chi connectivity index (χ1) is 17.0. The summed E-state index contributed by atoms with van der Waals surface area (Å²) in [5.74, 6) is -1.70. The number of halogens is 5. The van der Waals surface area contributed by atoms with E-state index in [1.807, 2.05) is 0 Å². The molecule has 0 aliphatic carbocycles. The van der Waals surface area contributed by atoms with Crippen molar-refractivity contribution < 1.29 is 35.8 Å². The third kappa shape index (κ3) is 5.59. The van der Waals surface area contributed by atoms with Crippen molar-refractivity contribution in [3.05, 3.63) is 81.6 Å². The molecule has 0 saturated heterocycles. The van der Waals surface area contributed by atoms with Gasteiger partial charge in [0, 0.05) is 35.0 Å². The van der Waals surface area contributed by atoms with E-state index in [1.54, 1.807) is 0 Å². The standard InChI is InChI=1S/C22H14ClF4N3O4S2/c23-16-5-20(36(32,33)30-21-10-35-11-29-21)17(24)6-19(16)34-18-2-1-14(22(25,26)27)4-15(18)13-3-12(9-31)7-28-8-13/h1-8,10-11,30-31H,9H2. The molecule has 7 nitrogen and oxygen atoms in total. The predicted molar refractivity (Wildman–Crippen MR) is 125 cm³/mol. The lowest BCUT2D eigenvalue weighted by Crippen LogP contribution is -2.15. The van der Waals surface area contributed by atoms with Crippen molar-refractivity contribution in [2.75, 3.05) is 4.72 Å². The fourth-order valence-electron chi connectivity index (χ4n) is 3.11. The van der Waals surface area contributed by atoms with Crippen LogP contribution in [-0.4, -0.2) is 23.5 Å². The average Bonchev–Trinajstić information content (AvgIpc) is 3.33. The molecule has 2 N–H and O–H groups in total. The lowest BCUT2D eigenvalue weighted by molar-refractivity contribution is -0.137. The number of aliphatic hydroxyl groups excluding tert-OH is 1. The Morgan fingerprint density at radius 1 is 1.11 bits per heavy atom.